The molecule has 0 aliphatic heterocycles. The van der Waals surface area contributed by atoms with Crippen molar-refractivity contribution < 1.29 is 45.7 Å². The van der Waals surface area contributed by atoms with Crippen LogP contribution in [0.2, 0.25) is 5.02 Å². The second-order valence-electron chi connectivity index (χ2n) is 2.55. The number of carboxylic acids is 1. The molecule has 0 saturated heterocycles. The summed E-state index contributed by atoms with van der Waals surface area (Å²) in [4.78, 5) is 20.8. The Hall–Kier alpha value is -0.610. The Labute approximate surface area is 116 Å². The molecule has 15 heavy (non-hydrogen) atoms. The van der Waals surface area contributed by atoms with Gasteiger partial charge in [-0.1, -0.05) is 29.8 Å². The summed E-state index contributed by atoms with van der Waals surface area (Å²) in [6, 6.07) is 6.70. The number of halogens is 1. The zero-order chi connectivity index (χ0) is 10.6. The first-order chi connectivity index (χ1) is 6.59. The predicted octanol–water partition coefficient (Wildman–Crippen LogP) is -0.877. The molecule has 0 fully saturated rings. The Kier molecular flexibility index (Phi) is 6.52. The molecule has 1 rings (SSSR count). The number of hydrogen-bond acceptors (Lipinski definition) is 2. The van der Waals surface area contributed by atoms with Gasteiger partial charge in [0.25, 0.3) is 5.78 Å². The van der Waals surface area contributed by atoms with Gasteiger partial charge in [0.05, 0.1) is 0 Å². The SMILES string of the molecule is O=C(O)C(=O)C=Cc1ccc(Cl)cc1.[H-].[Na+]. The van der Waals surface area contributed by atoms with Crippen molar-refractivity contribution in [1.82, 2.24) is 0 Å². The van der Waals surface area contributed by atoms with Crippen LogP contribution in [0.15, 0.2) is 30.3 Å². The number of benzene rings is 1. The van der Waals surface area contributed by atoms with E-state index in [1.165, 1.54) is 6.08 Å². The Morgan fingerprint density at radius 2 is 1.80 bits per heavy atom. The number of carboxylic acid groups (broad SMARTS) is 1. The van der Waals surface area contributed by atoms with E-state index in [1.54, 1.807) is 24.3 Å². The average molecular weight is 235 g/mol. The van der Waals surface area contributed by atoms with Crippen molar-refractivity contribution in [3.63, 3.8) is 0 Å². The summed E-state index contributed by atoms with van der Waals surface area (Å²) >= 11 is 5.64. The van der Waals surface area contributed by atoms with Gasteiger partial charge in [0, 0.05) is 5.02 Å². The summed E-state index contributed by atoms with van der Waals surface area (Å²) in [6.07, 6.45) is 2.43. The van der Waals surface area contributed by atoms with Crippen LogP contribution < -0.4 is 29.6 Å². The zero-order valence-corrected chi connectivity index (χ0v) is 10.9. The standard InChI is InChI=1S/C10H7ClO3.Na.H/c11-8-4-1-7(2-5-8)3-6-9(12)10(13)14;;/h1-6H,(H,13,14);;/q;+1;-1. The molecule has 3 nitrogen and oxygen atoms in total. The molecule has 1 N–H and O–H groups in total. The van der Waals surface area contributed by atoms with Crippen LogP contribution in [0.4, 0.5) is 0 Å². The van der Waals surface area contributed by atoms with Crippen molar-refractivity contribution in [1.29, 1.82) is 0 Å². The molecule has 74 valence electrons. The maximum absolute atomic E-state index is 10.7. The average Bonchev–Trinajstić information content (AvgIpc) is 2.16. The number of ketones is 1. The molecule has 0 amide bonds. The second-order valence-corrected chi connectivity index (χ2v) is 2.99. The van der Waals surface area contributed by atoms with E-state index in [1.807, 2.05) is 0 Å². The topological polar surface area (TPSA) is 54.4 Å². The first kappa shape index (κ1) is 14.4. The Bertz CT molecular complexity index is 390. The molecular formula is C10H8ClNaO3. The quantitative estimate of drug-likeness (QED) is 0.420. The van der Waals surface area contributed by atoms with Crippen LogP contribution in [0.5, 0.6) is 0 Å². The van der Waals surface area contributed by atoms with Gasteiger partial charge in [-0.15, -0.1) is 0 Å². The minimum Gasteiger partial charge on any atom is -1.00 e. The van der Waals surface area contributed by atoms with Gasteiger partial charge in [0.1, 0.15) is 0 Å². The van der Waals surface area contributed by atoms with E-state index in [0.29, 0.717) is 5.02 Å². The van der Waals surface area contributed by atoms with E-state index in [0.717, 1.165) is 11.6 Å². The van der Waals surface area contributed by atoms with Crippen LogP contribution in [0.3, 0.4) is 0 Å². The van der Waals surface area contributed by atoms with Gasteiger partial charge in [0.15, 0.2) is 0 Å². The van der Waals surface area contributed by atoms with Gasteiger partial charge in [-0.3, -0.25) is 4.79 Å². The summed E-state index contributed by atoms with van der Waals surface area (Å²) in [5.74, 6) is -2.41. The van der Waals surface area contributed by atoms with Crippen molar-refractivity contribution in [2.45, 2.75) is 0 Å². The van der Waals surface area contributed by atoms with Crippen LogP contribution in [0, 0.1) is 0 Å². The first-order valence-electron chi connectivity index (χ1n) is 3.80. The summed E-state index contributed by atoms with van der Waals surface area (Å²) in [7, 11) is 0. The molecule has 0 saturated carbocycles. The Balaban J connectivity index is 0. The van der Waals surface area contributed by atoms with Crippen molar-refractivity contribution in [2.24, 2.45) is 0 Å². The van der Waals surface area contributed by atoms with Gasteiger partial charge in [-0.05, 0) is 23.8 Å². The molecular weight excluding hydrogens is 227 g/mol. The number of carbonyl (C=O) groups is 2. The van der Waals surface area contributed by atoms with E-state index < -0.39 is 11.8 Å². The van der Waals surface area contributed by atoms with E-state index in [9.17, 15) is 9.59 Å². The molecule has 0 atom stereocenters. The van der Waals surface area contributed by atoms with E-state index >= 15 is 0 Å². The summed E-state index contributed by atoms with van der Waals surface area (Å²) in [6.45, 7) is 0. The van der Waals surface area contributed by atoms with E-state index in [2.05, 4.69) is 0 Å². The molecule has 0 spiro atoms. The van der Waals surface area contributed by atoms with Crippen LogP contribution >= 0.6 is 11.6 Å². The van der Waals surface area contributed by atoms with Crippen LogP contribution in [0.25, 0.3) is 6.08 Å². The minimum atomic E-state index is -1.46. The number of carbonyl (C=O) groups excluding carboxylic acids is 1. The third kappa shape index (κ3) is 5.14. The van der Waals surface area contributed by atoms with Crippen molar-refractivity contribution in [2.75, 3.05) is 0 Å². The molecule has 1 aromatic carbocycles. The Morgan fingerprint density at radius 1 is 1.27 bits per heavy atom. The molecule has 0 bridgehead atoms. The molecule has 5 heteroatoms. The molecule has 0 aromatic heterocycles. The van der Waals surface area contributed by atoms with Gasteiger partial charge in [-0.2, -0.15) is 0 Å². The smallest absolute Gasteiger partial charge is 1.00 e. The van der Waals surface area contributed by atoms with Crippen molar-refractivity contribution in [3.05, 3.63) is 40.9 Å². The maximum Gasteiger partial charge on any atom is 1.00 e. The van der Waals surface area contributed by atoms with Crippen LogP contribution in [-0.4, -0.2) is 16.9 Å². The minimum absolute atomic E-state index is 0. The largest absolute Gasteiger partial charge is 1.00 e. The fourth-order valence-electron chi connectivity index (χ4n) is 0.817. The third-order valence-corrected chi connectivity index (χ3v) is 1.76. The van der Waals surface area contributed by atoms with E-state index in [4.69, 9.17) is 16.7 Å². The Morgan fingerprint density at radius 3 is 2.27 bits per heavy atom. The van der Waals surface area contributed by atoms with Gasteiger partial charge in [-0.25, -0.2) is 4.79 Å². The monoisotopic (exact) mass is 234 g/mol. The number of aliphatic carboxylic acids is 1. The van der Waals surface area contributed by atoms with Crippen LogP contribution in [0.1, 0.15) is 6.99 Å². The fourth-order valence-corrected chi connectivity index (χ4v) is 0.943. The fraction of sp³-hybridized carbons (Fsp3) is 0. The third-order valence-electron chi connectivity index (χ3n) is 1.51. The molecule has 0 radical (unpaired) electrons. The normalized spacial score (nSPS) is 9.67. The molecule has 0 aliphatic rings. The second kappa shape index (κ2) is 6.80. The maximum atomic E-state index is 10.7. The first-order valence-corrected chi connectivity index (χ1v) is 4.18. The summed E-state index contributed by atoms with van der Waals surface area (Å²) in [5, 5.41) is 8.87. The van der Waals surface area contributed by atoms with Crippen molar-refractivity contribution >= 4 is 29.4 Å². The summed E-state index contributed by atoms with van der Waals surface area (Å²) < 4.78 is 0. The number of hydrogen-bond donors (Lipinski definition) is 1. The molecule has 1 aromatic rings. The zero-order valence-electron chi connectivity index (χ0n) is 9.11. The van der Waals surface area contributed by atoms with Crippen LogP contribution in [-0.2, 0) is 9.59 Å². The predicted molar refractivity (Wildman–Crippen MR) is 54.2 cm³/mol. The van der Waals surface area contributed by atoms with Crippen molar-refractivity contribution in [3.8, 4) is 0 Å². The van der Waals surface area contributed by atoms with Gasteiger partial charge >= 0.3 is 35.5 Å². The van der Waals surface area contributed by atoms with E-state index in [-0.39, 0.29) is 31.0 Å². The molecule has 0 heterocycles. The molecule has 0 unspecified atom stereocenters. The number of rotatable bonds is 3. The van der Waals surface area contributed by atoms with Gasteiger partial charge in [0.2, 0.25) is 0 Å². The summed E-state index contributed by atoms with van der Waals surface area (Å²) in [5.41, 5.74) is 0.726. The molecule has 0 aliphatic carbocycles. The van der Waals surface area contributed by atoms with Gasteiger partial charge < -0.3 is 6.53 Å².